The quantitative estimate of drug-likeness (QED) is 0.376. The lowest BCUT2D eigenvalue weighted by atomic mass is 9.96. The third kappa shape index (κ3) is 4.56. The summed E-state index contributed by atoms with van der Waals surface area (Å²) in [6.07, 6.45) is 9.54. The number of hydrogen-bond donors (Lipinski definition) is 2. The molecule has 2 aliphatic heterocycles. The van der Waals surface area contributed by atoms with Crippen LogP contribution in [-0.2, 0) is 0 Å². The molecule has 0 spiro atoms. The van der Waals surface area contributed by atoms with Crippen molar-refractivity contribution in [3.8, 4) is 12.3 Å². The smallest absolute Gasteiger partial charge is 0.268 e. The number of nitrogens with one attached hydrogen (secondary N) is 2. The van der Waals surface area contributed by atoms with Crippen molar-refractivity contribution in [2.75, 3.05) is 48.8 Å². The van der Waals surface area contributed by atoms with E-state index in [4.69, 9.17) is 11.4 Å². The Kier molecular flexibility index (Phi) is 6.70. The molecule has 40 heavy (non-hydrogen) atoms. The average Bonchev–Trinajstić information content (AvgIpc) is 2.99. The summed E-state index contributed by atoms with van der Waals surface area (Å²) in [5, 5.41) is 7.25. The van der Waals surface area contributed by atoms with Crippen molar-refractivity contribution >= 4 is 39.8 Å². The molecule has 1 unspecified atom stereocenters. The molecule has 0 aliphatic carbocycles. The number of benzene rings is 2. The fourth-order valence-electron chi connectivity index (χ4n) is 5.72. The standard InChI is InChI=1S/C31H31N7O2/c1-4-20-17-21-18-33-31(34-22-9-11-23(12-10-22)37(3)24-13-15-32-16-14-24)35-29(21)38(30(20)40)27-19-36(2)26-8-6-5-7-25(26)28(27)39/h1,5-12,17-18,24,27,32H,13-16,19H2,2-3H3,(H,33,34,35). The van der Waals surface area contributed by atoms with Crippen molar-refractivity contribution in [2.45, 2.75) is 24.9 Å². The maximum absolute atomic E-state index is 13.6. The highest BCUT2D eigenvalue weighted by molar-refractivity contribution is 6.06. The summed E-state index contributed by atoms with van der Waals surface area (Å²) in [6.45, 7) is 2.39. The number of rotatable bonds is 5. The Morgan fingerprint density at radius 2 is 1.85 bits per heavy atom. The number of terminal acetylenes is 1. The third-order valence-corrected chi connectivity index (χ3v) is 7.96. The van der Waals surface area contributed by atoms with Crippen LogP contribution in [0.25, 0.3) is 11.0 Å². The highest BCUT2D eigenvalue weighted by Gasteiger charge is 2.33. The summed E-state index contributed by atoms with van der Waals surface area (Å²) in [4.78, 5) is 40.7. The van der Waals surface area contributed by atoms with Crippen molar-refractivity contribution in [3.05, 3.63) is 82.3 Å². The van der Waals surface area contributed by atoms with Gasteiger partial charge in [0.25, 0.3) is 5.56 Å². The van der Waals surface area contributed by atoms with Crippen LogP contribution >= 0.6 is 0 Å². The Balaban J connectivity index is 1.34. The van der Waals surface area contributed by atoms with Gasteiger partial charge in [-0.3, -0.25) is 14.2 Å². The minimum absolute atomic E-state index is 0.146. The molecule has 4 heterocycles. The van der Waals surface area contributed by atoms with Crippen LogP contribution in [0.3, 0.4) is 0 Å². The van der Waals surface area contributed by atoms with E-state index in [0.29, 0.717) is 35.1 Å². The molecule has 1 fully saturated rings. The van der Waals surface area contributed by atoms with E-state index in [1.54, 1.807) is 18.3 Å². The number of pyridine rings is 1. The van der Waals surface area contributed by atoms with Crippen molar-refractivity contribution in [3.63, 3.8) is 0 Å². The summed E-state index contributed by atoms with van der Waals surface area (Å²) in [5.74, 6) is 2.65. The lowest BCUT2D eigenvalue weighted by molar-refractivity contribution is 0.0922. The summed E-state index contributed by atoms with van der Waals surface area (Å²) in [5.41, 5.74) is 3.46. The Labute approximate surface area is 232 Å². The number of likely N-dealkylation sites (N-methyl/N-ethyl adjacent to an activating group) is 1. The molecule has 2 aromatic carbocycles. The Morgan fingerprint density at radius 3 is 2.60 bits per heavy atom. The molecular weight excluding hydrogens is 502 g/mol. The van der Waals surface area contributed by atoms with Crippen molar-refractivity contribution < 1.29 is 4.79 Å². The van der Waals surface area contributed by atoms with Crippen LogP contribution in [-0.4, -0.2) is 60.1 Å². The number of ketones is 1. The third-order valence-electron chi connectivity index (χ3n) is 7.96. The first-order chi connectivity index (χ1) is 19.4. The Morgan fingerprint density at radius 1 is 1.10 bits per heavy atom. The van der Waals surface area contributed by atoms with Gasteiger partial charge in [-0.1, -0.05) is 18.1 Å². The number of hydrogen-bond acceptors (Lipinski definition) is 8. The zero-order chi connectivity index (χ0) is 27.8. The maximum atomic E-state index is 13.6. The van der Waals surface area contributed by atoms with Crippen molar-refractivity contribution in [2.24, 2.45) is 0 Å². The molecule has 0 saturated carbocycles. The summed E-state index contributed by atoms with van der Waals surface area (Å²) in [6, 6.07) is 16.9. The fourth-order valence-corrected chi connectivity index (χ4v) is 5.72. The Bertz CT molecular complexity index is 1680. The molecule has 2 N–H and O–H groups in total. The molecule has 2 aromatic heterocycles. The molecule has 4 aromatic rings. The molecule has 2 aliphatic rings. The fraction of sp³-hybridized carbons (Fsp3) is 0.290. The van der Waals surface area contributed by atoms with Gasteiger partial charge in [0.05, 0.1) is 5.56 Å². The average molecular weight is 534 g/mol. The molecule has 202 valence electrons. The van der Waals surface area contributed by atoms with Crippen LogP contribution in [0, 0.1) is 12.3 Å². The van der Waals surface area contributed by atoms with Gasteiger partial charge in [0, 0.05) is 60.9 Å². The number of fused-ring (bicyclic) bond motifs is 2. The second-order valence-electron chi connectivity index (χ2n) is 10.4. The molecule has 0 bridgehead atoms. The second-order valence-corrected chi connectivity index (χ2v) is 10.4. The minimum atomic E-state index is -0.782. The van der Waals surface area contributed by atoms with Gasteiger partial charge >= 0.3 is 0 Å². The van der Waals surface area contributed by atoms with Gasteiger partial charge < -0.3 is 20.4 Å². The van der Waals surface area contributed by atoms with Crippen LogP contribution in [0.4, 0.5) is 23.0 Å². The molecule has 1 saturated heterocycles. The SMILES string of the molecule is C#Cc1cc2cnc(Nc3ccc(N(C)C4CCNCC4)cc3)nc2n(C2CN(C)c3ccccc3C2=O)c1=O. The Hall–Kier alpha value is -4.68. The van der Waals surface area contributed by atoms with E-state index in [1.807, 2.05) is 42.3 Å². The summed E-state index contributed by atoms with van der Waals surface area (Å²) >= 11 is 0. The second kappa shape index (κ2) is 10.5. The monoisotopic (exact) mass is 533 g/mol. The van der Waals surface area contributed by atoms with Gasteiger partial charge in [-0.05, 0) is 68.4 Å². The van der Waals surface area contributed by atoms with Crippen LogP contribution in [0.15, 0.2) is 65.6 Å². The number of Topliss-reactive ketones (excluding diaryl/α,β-unsaturated/α-hetero) is 1. The number of anilines is 4. The largest absolute Gasteiger partial charge is 0.372 e. The molecule has 0 amide bonds. The van der Waals surface area contributed by atoms with E-state index >= 15 is 0 Å². The van der Waals surface area contributed by atoms with E-state index in [-0.39, 0.29) is 11.3 Å². The number of carbonyl (C=O) groups is 1. The van der Waals surface area contributed by atoms with E-state index in [9.17, 15) is 9.59 Å². The molecule has 0 radical (unpaired) electrons. The number of piperidine rings is 1. The van der Waals surface area contributed by atoms with E-state index in [1.165, 1.54) is 4.57 Å². The van der Waals surface area contributed by atoms with Gasteiger partial charge in [-0.25, -0.2) is 4.98 Å². The highest BCUT2D eigenvalue weighted by Crippen LogP contribution is 2.32. The molecule has 1 atom stereocenters. The van der Waals surface area contributed by atoms with Crippen molar-refractivity contribution in [1.82, 2.24) is 19.9 Å². The summed E-state index contributed by atoms with van der Waals surface area (Å²) < 4.78 is 1.43. The van der Waals surface area contributed by atoms with Crippen molar-refractivity contribution in [1.29, 1.82) is 0 Å². The first-order valence-electron chi connectivity index (χ1n) is 13.5. The first kappa shape index (κ1) is 25.6. The van der Waals surface area contributed by atoms with Gasteiger partial charge in [0.2, 0.25) is 5.95 Å². The van der Waals surface area contributed by atoms with E-state index in [2.05, 4.69) is 45.6 Å². The zero-order valence-corrected chi connectivity index (χ0v) is 22.6. The number of carbonyl (C=O) groups excluding carboxylic acids is 1. The van der Waals surface area contributed by atoms with E-state index < -0.39 is 11.6 Å². The van der Waals surface area contributed by atoms with Crippen LogP contribution in [0.5, 0.6) is 0 Å². The van der Waals surface area contributed by atoms with E-state index in [0.717, 1.165) is 43.0 Å². The minimum Gasteiger partial charge on any atom is -0.372 e. The van der Waals surface area contributed by atoms with Gasteiger partial charge in [-0.15, -0.1) is 6.42 Å². The van der Waals surface area contributed by atoms with Crippen LogP contribution in [0.1, 0.15) is 34.8 Å². The lowest BCUT2D eigenvalue weighted by Crippen LogP contribution is -2.42. The number of para-hydroxylation sites is 1. The predicted molar refractivity (Wildman–Crippen MR) is 159 cm³/mol. The highest BCUT2D eigenvalue weighted by atomic mass is 16.1. The number of nitrogens with zero attached hydrogens (tertiary/aromatic N) is 5. The first-order valence-corrected chi connectivity index (χ1v) is 13.5. The predicted octanol–water partition coefficient (Wildman–Crippen LogP) is 3.58. The molecular formula is C31H31N7O2. The topological polar surface area (TPSA) is 95.4 Å². The zero-order valence-electron chi connectivity index (χ0n) is 22.6. The summed E-state index contributed by atoms with van der Waals surface area (Å²) in [7, 11) is 4.04. The molecule has 9 heteroatoms. The molecule has 6 rings (SSSR count). The van der Waals surface area contributed by atoms with Crippen LogP contribution in [0.2, 0.25) is 0 Å². The van der Waals surface area contributed by atoms with Gasteiger partial charge in [0.1, 0.15) is 11.7 Å². The van der Waals surface area contributed by atoms with Gasteiger partial charge in [-0.2, -0.15) is 4.98 Å². The number of aromatic nitrogens is 3. The molecule has 9 nitrogen and oxygen atoms in total. The maximum Gasteiger partial charge on any atom is 0.268 e. The van der Waals surface area contributed by atoms with Gasteiger partial charge in [0.15, 0.2) is 5.78 Å². The van der Waals surface area contributed by atoms with Crippen LogP contribution < -0.4 is 26.0 Å². The lowest BCUT2D eigenvalue weighted by Gasteiger charge is -2.33. The normalized spacial score (nSPS) is 17.4.